The number of carboxylic acids is 1. The number of thiophene rings is 1. The van der Waals surface area contributed by atoms with E-state index in [-0.39, 0.29) is 12.1 Å². The molecule has 0 saturated carbocycles. The van der Waals surface area contributed by atoms with Crippen LogP contribution in [0, 0.1) is 6.92 Å². The zero-order chi connectivity index (χ0) is 27.4. The molecule has 0 aliphatic carbocycles. The molecule has 39 heavy (non-hydrogen) atoms. The molecule has 1 aliphatic rings. The quantitative estimate of drug-likeness (QED) is 0.120. The highest BCUT2D eigenvalue weighted by atomic mass is 32.1. The van der Waals surface area contributed by atoms with Crippen LogP contribution < -0.4 is 20.7 Å². The van der Waals surface area contributed by atoms with Gasteiger partial charge in [0.15, 0.2) is 5.65 Å². The van der Waals surface area contributed by atoms with Gasteiger partial charge < -0.3 is 20.5 Å². The summed E-state index contributed by atoms with van der Waals surface area (Å²) < 4.78 is 7.43. The lowest BCUT2D eigenvalue weighted by atomic mass is 10.2. The predicted molar refractivity (Wildman–Crippen MR) is 147 cm³/mol. The molecule has 4 heterocycles. The molecule has 0 spiro atoms. The van der Waals surface area contributed by atoms with Gasteiger partial charge in [-0.25, -0.2) is 9.78 Å². The molecule has 4 aromatic rings. The topological polar surface area (TPSA) is 147 Å². The van der Waals surface area contributed by atoms with Crippen LogP contribution in [0.1, 0.15) is 36.1 Å². The first-order valence-electron chi connectivity index (χ1n) is 12.4. The van der Waals surface area contributed by atoms with Crippen LogP contribution in [0.15, 0.2) is 54.4 Å². The summed E-state index contributed by atoms with van der Waals surface area (Å²) in [5.74, 6) is 0.0995. The van der Waals surface area contributed by atoms with E-state index in [9.17, 15) is 14.4 Å². The number of rotatable bonds is 11. The number of carbonyl (C=O) groups is 3. The molecule has 1 saturated heterocycles. The Bertz CT molecular complexity index is 1570. The van der Waals surface area contributed by atoms with Crippen LogP contribution in [0.2, 0.25) is 0 Å². The van der Waals surface area contributed by atoms with Crippen LogP contribution in [0.25, 0.3) is 22.3 Å². The number of hydrogen-bond acceptors (Lipinski definition) is 8. The lowest BCUT2D eigenvalue weighted by Crippen LogP contribution is -2.22. The number of anilines is 2. The summed E-state index contributed by atoms with van der Waals surface area (Å²) in [5, 5.41) is 21.3. The molecular formula is C27H26N6O5S. The fourth-order valence-electron chi connectivity index (χ4n) is 4.03. The largest absolute Gasteiger partial charge is 0.494 e. The number of carbonyl (C=O) groups excluding carboxylic acids is 2. The summed E-state index contributed by atoms with van der Waals surface area (Å²) >= 11 is 1.62. The summed E-state index contributed by atoms with van der Waals surface area (Å²) in [6, 6.07) is 12.9. The number of urea groups is 1. The van der Waals surface area contributed by atoms with E-state index >= 15 is 0 Å². The normalized spacial score (nSPS) is 14.0. The maximum Gasteiger partial charge on any atom is 0.326 e. The molecule has 3 amide bonds. The number of nitrogens with zero attached hydrogens (tertiary/aromatic N) is 3. The van der Waals surface area contributed by atoms with Crippen molar-refractivity contribution in [2.24, 2.45) is 0 Å². The van der Waals surface area contributed by atoms with Crippen molar-refractivity contribution in [2.75, 3.05) is 11.9 Å². The number of fused-ring (bicyclic) bond motifs is 1. The number of aliphatic carboxylic acids is 1. The van der Waals surface area contributed by atoms with E-state index < -0.39 is 17.9 Å². The Kier molecular flexibility index (Phi) is 7.55. The van der Waals surface area contributed by atoms with Crippen molar-refractivity contribution >= 4 is 52.5 Å². The van der Waals surface area contributed by atoms with Crippen molar-refractivity contribution in [1.29, 1.82) is 0 Å². The van der Waals surface area contributed by atoms with Crippen molar-refractivity contribution < 1.29 is 24.2 Å². The SMILES string of the molecule is Cc1ccc(-c2cc(Nc3ccc(OCCCCCC(=O)O)cc3)n3ncc(/C=C4\NC(=O)NC4=O)c3n2)s1. The summed E-state index contributed by atoms with van der Waals surface area (Å²) in [6.45, 7) is 2.55. The van der Waals surface area contributed by atoms with E-state index in [1.165, 1.54) is 0 Å². The molecule has 200 valence electrons. The molecule has 0 bridgehead atoms. The monoisotopic (exact) mass is 546 g/mol. The van der Waals surface area contributed by atoms with E-state index in [0.29, 0.717) is 30.1 Å². The van der Waals surface area contributed by atoms with E-state index in [2.05, 4.69) is 21.0 Å². The summed E-state index contributed by atoms with van der Waals surface area (Å²) in [6.07, 6.45) is 5.55. The number of ether oxygens (including phenoxy) is 1. The van der Waals surface area contributed by atoms with Crippen LogP contribution in [-0.2, 0) is 9.59 Å². The number of nitrogens with one attached hydrogen (secondary N) is 3. The third-order valence-electron chi connectivity index (χ3n) is 5.94. The predicted octanol–water partition coefficient (Wildman–Crippen LogP) is 4.71. The molecule has 0 atom stereocenters. The fourth-order valence-corrected chi connectivity index (χ4v) is 4.86. The average Bonchev–Trinajstić information content (AvgIpc) is 3.61. The van der Waals surface area contributed by atoms with Crippen molar-refractivity contribution in [2.45, 2.75) is 32.6 Å². The van der Waals surface area contributed by atoms with Gasteiger partial charge in [-0.2, -0.15) is 9.61 Å². The minimum Gasteiger partial charge on any atom is -0.494 e. The highest BCUT2D eigenvalue weighted by Gasteiger charge is 2.24. The summed E-state index contributed by atoms with van der Waals surface area (Å²) in [4.78, 5) is 41.2. The number of aryl methyl sites for hydroxylation is 1. The van der Waals surface area contributed by atoms with Crippen LogP contribution >= 0.6 is 11.3 Å². The van der Waals surface area contributed by atoms with Crippen LogP contribution in [0.3, 0.4) is 0 Å². The fraction of sp³-hybridized carbons (Fsp3) is 0.222. The van der Waals surface area contributed by atoms with Crippen molar-refractivity contribution in [3.8, 4) is 16.3 Å². The lowest BCUT2D eigenvalue weighted by Gasteiger charge is -2.12. The number of benzene rings is 1. The van der Waals surface area contributed by atoms with Gasteiger partial charge >= 0.3 is 12.0 Å². The molecular weight excluding hydrogens is 520 g/mol. The van der Waals surface area contributed by atoms with Gasteiger partial charge in [-0.05, 0) is 68.7 Å². The number of aromatic nitrogens is 3. The van der Waals surface area contributed by atoms with Gasteiger partial charge in [0.05, 0.1) is 23.4 Å². The minimum absolute atomic E-state index is 0.126. The van der Waals surface area contributed by atoms with Crippen LogP contribution in [0.4, 0.5) is 16.3 Å². The summed E-state index contributed by atoms with van der Waals surface area (Å²) in [7, 11) is 0. The number of carboxylic acid groups (broad SMARTS) is 1. The Hall–Kier alpha value is -4.71. The second kappa shape index (κ2) is 11.4. The number of imide groups is 1. The van der Waals surface area contributed by atoms with Crippen LogP contribution in [-0.4, -0.2) is 44.2 Å². The van der Waals surface area contributed by atoms with Gasteiger partial charge in [0.1, 0.15) is 17.3 Å². The first-order valence-corrected chi connectivity index (χ1v) is 13.2. The molecule has 3 aromatic heterocycles. The van der Waals surface area contributed by atoms with E-state index in [0.717, 1.165) is 39.7 Å². The molecule has 12 heteroatoms. The molecule has 0 unspecified atom stereocenters. The second-order valence-electron chi connectivity index (χ2n) is 8.94. The van der Waals surface area contributed by atoms with E-state index in [1.54, 1.807) is 28.1 Å². The van der Waals surface area contributed by atoms with Gasteiger partial charge in [0.25, 0.3) is 5.91 Å². The Labute approximate surface area is 227 Å². The van der Waals surface area contributed by atoms with Gasteiger partial charge in [-0.15, -0.1) is 11.3 Å². The van der Waals surface area contributed by atoms with Gasteiger partial charge in [0.2, 0.25) is 0 Å². The first kappa shape index (κ1) is 25.9. The second-order valence-corrected chi connectivity index (χ2v) is 10.2. The highest BCUT2D eigenvalue weighted by molar-refractivity contribution is 7.15. The average molecular weight is 547 g/mol. The Morgan fingerprint density at radius 3 is 2.64 bits per heavy atom. The Balaban J connectivity index is 1.37. The van der Waals surface area contributed by atoms with Crippen molar-refractivity contribution in [3.63, 3.8) is 0 Å². The Morgan fingerprint density at radius 2 is 1.95 bits per heavy atom. The zero-order valence-corrected chi connectivity index (χ0v) is 21.9. The molecule has 0 radical (unpaired) electrons. The van der Waals surface area contributed by atoms with E-state index in [1.807, 2.05) is 49.4 Å². The van der Waals surface area contributed by atoms with Gasteiger partial charge in [0, 0.05) is 28.6 Å². The van der Waals surface area contributed by atoms with Gasteiger partial charge in [-0.1, -0.05) is 0 Å². The third kappa shape index (κ3) is 6.24. The maximum absolute atomic E-state index is 12.1. The maximum atomic E-state index is 12.1. The van der Waals surface area contributed by atoms with Crippen LogP contribution in [0.5, 0.6) is 5.75 Å². The zero-order valence-electron chi connectivity index (χ0n) is 21.1. The number of unbranched alkanes of at least 4 members (excludes halogenated alkanes) is 2. The molecule has 1 fully saturated rings. The van der Waals surface area contributed by atoms with Crippen molar-refractivity contribution in [1.82, 2.24) is 25.2 Å². The number of amides is 3. The minimum atomic E-state index is -0.777. The Morgan fingerprint density at radius 1 is 1.13 bits per heavy atom. The molecule has 11 nitrogen and oxygen atoms in total. The molecule has 1 aliphatic heterocycles. The van der Waals surface area contributed by atoms with Gasteiger partial charge in [-0.3, -0.25) is 14.9 Å². The third-order valence-corrected chi connectivity index (χ3v) is 6.97. The highest BCUT2D eigenvalue weighted by Crippen LogP contribution is 2.31. The van der Waals surface area contributed by atoms with E-state index in [4.69, 9.17) is 14.8 Å². The molecule has 4 N–H and O–H groups in total. The molecule has 5 rings (SSSR count). The standard InChI is InChI=1S/C27H26N6O5S/c1-16-6-11-22(39-16)20-14-23(29-18-7-9-19(10-8-18)38-12-4-2-3-5-24(34)35)33-25(30-20)17(15-28-33)13-21-26(36)32-27(37)31-21/h6-11,13-15,29H,2-5,12H2,1H3,(H,34,35)(H2,31,32,36,37)/b21-13-. The first-order chi connectivity index (χ1) is 18.9. The van der Waals surface area contributed by atoms with Crippen molar-refractivity contribution in [3.05, 3.63) is 64.8 Å². The smallest absolute Gasteiger partial charge is 0.326 e. The lowest BCUT2D eigenvalue weighted by molar-refractivity contribution is -0.137. The summed E-state index contributed by atoms with van der Waals surface area (Å²) in [5.41, 5.74) is 2.77. The molecule has 1 aromatic carbocycles. The number of hydrogen-bond donors (Lipinski definition) is 4.